The fraction of sp³-hybridized carbons (Fsp3) is 0.591. The summed E-state index contributed by atoms with van der Waals surface area (Å²) in [5, 5.41) is 12.3. The van der Waals surface area contributed by atoms with Crippen molar-refractivity contribution in [1.82, 2.24) is 0 Å². The van der Waals surface area contributed by atoms with Crippen molar-refractivity contribution in [2.24, 2.45) is 11.8 Å². The van der Waals surface area contributed by atoms with Crippen molar-refractivity contribution in [2.45, 2.75) is 66.4 Å². The molecule has 0 heterocycles. The van der Waals surface area contributed by atoms with Crippen molar-refractivity contribution < 1.29 is 19.1 Å². The van der Waals surface area contributed by atoms with Crippen LogP contribution < -0.4 is 10.1 Å². The first-order valence-electron chi connectivity index (χ1n) is 9.81. The summed E-state index contributed by atoms with van der Waals surface area (Å²) in [5.41, 5.74) is -0.356. The lowest BCUT2D eigenvalue weighted by molar-refractivity contribution is -0.147. The van der Waals surface area contributed by atoms with Gasteiger partial charge in [0.1, 0.15) is 17.4 Å². The van der Waals surface area contributed by atoms with Crippen LogP contribution >= 0.6 is 0 Å². The second kappa shape index (κ2) is 10.8. The Kier molecular flexibility index (Phi) is 9.14. The minimum absolute atomic E-state index is 0.227. The molecule has 0 bridgehead atoms. The van der Waals surface area contributed by atoms with Crippen LogP contribution in [-0.2, 0) is 14.3 Å². The molecule has 0 radical (unpaired) electrons. The number of amides is 1. The molecule has 1 aromatic carbocycles. The number of ether oxygens (including phenoxy) is 2. The third-order valence-corrected chi connectivity index (χ3v) is 4.09. The van der Waals surface area contributed by atoms with Crippen molar-refractivity contribution in [3.63, 3.8) is 0 Å². The van der Waals surface area contributed by atoms with E-state index in [9.17, 15) is 14.9 Å². The molecule has 0 unspecified atom stereocenters. The molecule has 6 heteroatoms. The van der Waals surface area contributed by atoms with E-state index in [2.05, 4.69) is 33.0 Å². The summed E-state index contributed by atoms with van der Waals surface area (Å²) in [6, 6.07) is 6.61. The van der Waals surface area contributed by atoms with Gasteiger partial charge in [-0.3, -0.25) is 9.59 Å². The molecule has 0 atom stereocenters. The number of nitriles is 1. The van der Waals surface area contributed by atoms with Crippen LogP contribution in [0.4, 0.5) is 5.69 Å². The molecule has 6 nitrogen and oxygen atoms in total. The molecule has 1 rings (SSSR count). The van der Waals surface area contributed by atoms with Crippen LogP contribution in [0, 0.1) is 23.2 Å². The van der Waals surface area contributed by atoms with Gasteiger partial charge < -0.3 is 14.8 Å². The van der Waals surface area contributed by atoms with E-state index in [0.29, 0.717) is 25.1 Å². The van der Waals surface area contributed by atoms with Gasteiger partial charge in [0, 0.05) is 19.6 Å². The van der Waals surface area contributed by atoms with E-state index in [0.717, 1.165) is 6.42 Å². The molecular formula is C22H32N2O4. The molecule has 0 aliphatic rings. The van der Waals surface area contributed by atoms with Gasteiger partial charge in [-0.1, -0.05) is 34.6 Å². The molecule has 0 saturated heterocycles. The molecule has 1 N–H and O–H groups in total. The molecule has 0 aromatic heterocycles. The minimum atomic E-state index is -0.959. The first-order valence-corrected chi connectivity index (χ1v) is 9.81. The Morgan fingerprint density at radius 3 is 2.25 bits per heavy atom. The normalized spacial score (nSPS) is 11.4. The van der Waals surface area contributed by atoms with Gasteiger partial charge in [-0.2, -0.15) is 5.26 Å². The van der Waals surface area contributed by atoms with Crippen LogP contribution in [0.25, 0.3) is 0 Å². The molecule has 0 aliphatic heterocycles. The predicted molar refractivity (Wildman–Crippen MR) is 109 cm³/mol. The molecule has 0 saturated carbocycles. The highest BCUT2D eigenvalue weighted by Gasteiger charge is 2.40. The summed E-state index contributed by atoms with van der Waals surface area (Å²) in [7, 11) is 0. The number of anilines is 1. The van der Waals surface area contributed by atoms with E-state index < -0.39 is 11.6 Å². The summed E-state index contributed by atoms with van der Waals surface area (Å²) in [4.78, 5) is 24.4. The van der Waals surface area contributed by atoms with Gasteiger partial charge in [0.15, 0.2) is 0 Å². The van der Waals surface area contributed by atoms with Crippen LogP contribution in [0.3, 0.4) is 0 Å². The number of carbonyl (C=O) groups excluding carboxylic acids is 2. The Balaban J connectivity index is 3.21. The molecule has 154 valence electrons. The number of nitrogens with zero attached hydrogens (tertiary/aromatic N) is 1. The Morgan fingerprint density at radius 2 is 1.79 bits per heavy atom. The molecule has 1 aromatic rings. The number of esters is 1. The minimum Gasteiger partial charge on any atom is -0.427 e. The fourth-order valence-corrected chi connectivity index (χ4v) is 3.26. The Morgan fingerprint density at radius 1 is 1.18 bits per heavy atom. The average Bonchev–Trinajstić information content (AvgIpc) is 2.59. The number of hydrogen-bond acceptors (Lipinski definition) is 5. The number of hydrogen-bond donors (Lipinski definition) is 1. The van der Waals surface area contributed by atoms with E-state index in [1.165, 1.54) is 13.0 Å². The fourth-order valence-electron chi connectivity index (χ4n) is 3.26. The maximum Gasteiger partial charge on any atom is 0.308 e. The van der Waals surface area contributed by atoms with Crippen LogP contribution in [0.2, 0.25) is 0 Å². The zero-order valence-electron chi connectivity index (χ0n) is 17.8. The Bertz CT molecular complexity index is 710. The summed E-state index contributed by atoms with van der Waals surface area (Å²) in [5.74, 6) is 0.0767. The average molecular weight is 389 g/mol. The number of rotatable bonds is 10. The lowest BCUT2D eigenvalue weighted by Crippen LogP contribution is -2.48. The zero-order chi connectivity index (χ0) is 21.3. The molecule has 0 fully saturated rings. The molecule has 1 amide bonds. The van der Waals surface area contributed by atoms with E-state index in [1.807, 2.05) is 13.0 Å². The van der Waals surface area contributed by atoms with Crippen molar-refractivity contribution >= 4 is 17.6 Å². The van der Waals surface area contributed by atoms with E-state index in [1.54, 1.807) is 12.1 Å². The standard InChI is InChI=1S/C22H32N2O4/c1-7-10-27-22(12-15(2)3,13-16(4)5)21(26)24-20-9-8-19(28-17(6)25)11-18(20)14-23/h8-9,11,15-16H,7,10,12-13H2,1-6H3,(H,24,26). The van der Waals surface area contributed by atoms with E-state index in [-0.39, 0.29) is 29.1 Å². The van der Waals surface area contributed by atoms with Crippen molar-refractivity contribution in [2.75, 3.05) is 11.9 Å². The SMILES string of the molecule is CCCOC(CC(C)C)(CC(C)C)C(=O)Nc1ccc(OC(C)=O)cc1C#N. The highest BCUT2D eigenvalue weighted by atomic mass is 16.5. The summed E-state index contributed by atoms with van der Waals surface area (Å²) < 4.78 is 11.1. The van der Waals surface area contributed by atoms with Gasteiger partial charge in [-0.05, 0) is 43.2 Å². The molecular weight excluding hydrogens is 356 g/mol. The third kappa shape index (κ3) is 6.97. The first kappa shape index (κ1) is 23.6. The summed E-state index contributed by atoms with van der Waals surface area (Å²) in [6.07, 6.45) is 1.99. The van der Waals surface area contributed by atoms with Crippen LogP contribution in [0.1, 0.15) is 66.4 Å². The van der Waals surface area contributed by atoms with Crippen molar-refractivity contribution in [1.29, 1.82) is 5.26 Å². The highest BCUT2D eigenvalue weighted by Crippen LogP contribution is 2.32. The quantitative estimate of drug-likeness (QED) is 0.464. The second-order valence-corrected chi connectivity index (χ2v) is 7.91. The van der Waals surface area contributed by atoms with Gasteiger partial charge in [0.2, 0.25) is 0 Å². The van der Waals surface area contributed by atoms with Gasteiger partial charge in [-0.15, -0.1) is 0 Å². The van der Waals surface area contributed by atoms with Gasteiger partial charge in [0.05, 0.1) is 11.3 Å². The van der Waals surface area contributed by atoms with Gasteiger partial charge in [-0.25, -0.2) is 0 Å². The molecule has 0 spiro atoms. The van der Waals surface area contributed by atoms with Gasteiger partial charge >= 0.3 is 5.97 Å². The Hall–Kier alpha value is -2.39. The van der Waals surface area contributed by atoms with E-state index in [4.69, 9.17) is 9.47 Å². The van der Waals surface area contributed by atoms with Crippen LogP contribution in [0.5, 0.6) is 5.75 Å². The first-order chi connectivity index (χ1) is 13.1. The van der Waals surface area contributed by atoms with Crippen LogP contribution in [-0.4, -0.2) is 24.1 Å². The topological polar surface area (TPSA) is 88.4 Å². The highest BCUT2D eigenvalue weighted by molar-refractivity contribution is 5.98. The summed E-state index contributed by atoms with van der Waals surface area (Å²) >= 11 is 0. The second-order valence-electron chi connectivity index (χ2n) is 7.91. The van der Waals surface area contributed by atoms with Crippen molar-refractivity contribution in [3.05, 3.63) is 23.8 Å². The van der Waals surface area contributed by atoms with Gasteiger partial charge in [0.25, 0.3) is 5.91 Å². The molecule has 28 heavy (non-hydrogen) atoms. The van der Waals surface area contributed by atoms with Crippen molar-refractivity contribution in [3.8, 4) is 11.8 Å². The monoisotopic (exact) mass is 388 g/mol. The smallest absolute Gasteiger partial charge is 0.308 e. The zero-order valence-corrected chi connectivity index (χ0v) is 17.8. The largest absolute Gasteiger partial charge is 0.427 e. The summed E-state index contributed by atoms with van der Waals surface area (Å²) in [6.45, 7) is 12.0. The predicted octanol–water partition coefficient (Wildman–Crippen LogP) is 4.68. The Labute approximate surface area is 168 Å². The maximum atomic E-state index is 13.3. The number of benzene rings is 1. The van der Waals surface area contributed by atoms with E-state index >= 15 is 0 Å². The number of nitrogens with one attached hydrogen (secondary N) is 1. The molecule has 0 aliphatic carbocycles. The third-order valence-electron chi connectivity index (χ3n) is 4.09. The maximum absolute atomic E-state index is 13.3. The lowest BCUT2D eigenvalue weighted by atomic mass is 9.83. The van der Waals surface area contributed by atoms with Crippen LogP contribution in [0.15, 0.2) is 18.2 Å². The number of carbonyl (C=O) groups is 2. The lowest BCUT2D eigenvalue weighted by Gasteiger charge is -2.35.